The number of hydrogen-bond acceptors (Lipinski definition) is 5. The van der Waals surface area contributed by atoms with Gasteiger partial charge in [-0.15, -0.1) is 0 Å². The van der Waals surface area contributed by atoms with Gasteiger partial charge in [0.1, 0.15) is 6.54 Å². The Morgan fingerprint density at radius 3 is 2.27 bits per heavy atom. The largest absolute Gasteiger partial charge is 0.497 e. The van der Waals surface area contributed by atoms with Gasteiger partial charge in [-0.1, -0.05) is 0 Å². The number of likely N-dealkylation sites (tertiary alicyclic amines) is 1. The van der Waals surface area contributed by atoms with Crippen LogP contribution in [0.15, 0.2) is 16.7 Å². The van der Waals surface area contributed by atoms with E-state index in [0.29, 0.717) is 5.47 Å². The molecule has 0 spiro atoms. The molecule has 22 heavy (non-hydrogen) atoms. The highest BCUT2D eigenvalue weighted by Gasteiger charge is 2.52. The lowest BCUT2D eigenvalue weighted by molar-refractivity contribution is -0.128. The molecule has 0 aromatic heterocycles. The van der Waals surface area contributed by atoms with Gasteiger partial charge >= 0.3 is 7.12 Å². The number of hydrogen-bond donors (Lipinski definition) is 1. The molecule has 0 saturated carbocycles. The number of rotatable bonds is 4. The number of amides is 1. The third kappa shape index (κ3) is 3.52. The topological polar surface area (TPSA) is 77.2 Å². The lowest BCUT2D eigenvalue weighted by Crippen LogP contribution is -2.41. The first-order valence-corrected chi connectivity index (χ1v) is 7.82. The molecule has 2 saturated heterocycles. The summed E-state index contributed by atoms with van der Waals surface area (Å²) in [4.78, 5) is 18.0. The van der Waals surface area contributed by atoms with Crippen LogP contribution in [-0.4, -0.2) is 55.0 Å². The van der Waals surface area contributed by atoms with Crippen molar-refractivity contribution in [3.05, 3.63) is 11.7 Å². The van der Waals surface area contributed by atoms with Gasteiger partial charge in [-0.3, -0.25) is 9.79 Å². The SMILES string of the molecule is CC1(C)OB(C(C=NCC(=O)N2CCCC2)=CN)OC1(C)C. The zero-order chi connectivity index (χ0) is 16.4. The van der Waals surface area contributed by atoms with E-state index in [1.54, 1.807) is 6.21 Å². The van der Waals surface area contributed by atoms with Gasteiger partial charge in [0, 0.05) is 24.8 Å². The van der Waals surface area contributed by atoms with Crippen LogP contribution in [0.2, 0.25) is 0 Å². The molecule has 0 aliphatic carbocycles. The van der Waals surface area contributed by atoms with Gasteiger partial charge in [0.25, 0.3) is 0 Å². The molecule has 1 amide bonds. The molecule has 6 nitrogen and oxygen atoms in total. The van der Waals surface area contributed by atoms with E-state index in [2.05, 4.69) is 4.99 Å². The average Bonchev–Trinajstić information content (AvgIpc) is 3.02. The summed E-state index contributed by atoms with van der Waals surface area (Å²) in [7, 11) is -0.555. The molecule has 2 aliphatic heterocycles. The number of carbonyl (C=O) groups is 1. The van der Waals surface area contributed by atoms with E-state index in [1.165, 1.54) is 6.20 Å². The Labute approximate surface area is 132 Å². The molecule has 0 unspecified atom stereocenters. The number of nitrogens with zero attached hydrogens (tertiary/aromatic N) is 2. The summed E-state index contributed by atoms with van der Waals surface area (Å²) in [5.41, 5.74) is 5.44. The minimum absolute atomic E-state index is 0.0547. The van der Waals surface area contributed by atoms with E-state index < -0.39 is 18.3 Å². The van der Waals surface area contributed by atoms with E-state index in [9.17, 15) is 4.79 Å². The van der Waals surface area contributed by atoms with Crippen molar-refractivity contribution in [3.8, 4) is 0 Å². The fourth-order valence-corrected chi connectivity index (χ4v) is 2.46. The Morgan fingerprint density at radius 2 is 1.77 bits per heavy atom. The molecule has 2 fully saturated rings. The van der Waals surface area contributed by atoms with Gasteiger partial charge in [0.05, 0.1) is 11.2 Å². The quantitative estimate of drug-likeness (QED) is 0.624. The van der Waals surface area contributed by atoms with Crippen molar-refractivity contribution in [2.75, 3.05) is 19.6 Å². The minimum atomic E-state index is -0.555. The van der Waals surface area contributed by atoms with Crippen LogP contribution < -0.4 is 5.73 Å². The Morgan fingerprint density at radius 1 is 1.23 bits per heavy atom. The molecule has 0 radical (unpaired) electrons. The molecule has 0 aromatic carbocycles. The lowest BCUT2D eigenvalue weighted by Gasteiger charge is -2.32. The molecule has 2 heterocycles. The molecule has 2 N–H and O–H groups in total. The van der Waals surface area contributed by atoms with Crippen LogP contribution in [0, 0.1) is 0 Å². The first-order chi connectivity index (χ1) is 10.3. The van der Waals surface area contributed by atoms with Crippen molar-refractivity contribution >= 4 is 19.2 Å². The Bertz CT molecular complexity index is 466. The molecular weight excluding hydrogens is 281 g/mol. The van der Waals surface area contributed by atoms with E-state index >= 15 is 0 Å². The highest BCUT2D eigenvalue weighted by Crippen LogP contribution is 2.38. The van der Waals surface area contributed by atoms with Crippen molar-refractivity contribution in [2.24, 2.45) is 10.7 Å². The van der Waals surface area contributed by atoms with Gasteiger partial charge in [-0.05, 0) is 46.7 Å². The summed E-state index contributed by atoms with van der Waals surface area (Å²) in [6.07, 6.45) is 5.16. The molecule has 0 aromatic rings. The molecule has 122 valence electrons. The van der Waals surface area contributed by atoms with E-state index in [-0.39, 0.29) is 12.5 Å². The van der Waals surface area contributed by atoms with Crippen molar-refractivity contribution in [1.82, 2.24) is 4.90 Å². The Balaban J connectivity index is 1.93. The second kappa shape index (κ2) is 6.42. The van der Waals surface area contributed by atoms with Crippen LogP contribution in [0.5, 0.6) is 0 Å². The van der Waals surface area contributed by atoms with Gasteiger partial charge in [0.15, 0.2) is 0 Å². The standard InChI is InChI=1S/C15H26BN3O3/c1-14(2)15(3,4)22-16(21-14)12(9-17)10-18-11-13(20)19-7-5-6-8-19/h9-10H,5-8,11,17H2,1-4H3. The number of aliphatic imine (C=N–C) groups is 1. The van der Waals surface area contributed by atoms with Crippen LogP contribution >= 0.6 is 0 Å². The third-order valence-corrected chi connectivity index (χ3v) is 4.64. The van der Waals surface area contributed by atoms with Crippen LogP contribution in [0.1, 0.15) is 40.5 Å². The smallest absolute Gasteiger partial charge is 0.405 e. The molecule has 0 bridgehead atoms. The monoisotopic (exact) mass is 307 g/mol. The van der Waals surface area contributed by atoms with Crippen LogP contribution in [0.4, 0.5) is 0 Å². The second-order valence-electron chi connectivity index (χ2n) is 6.81. The maximum Gasteiger partial charge on any atom is 0.497 e. The van der Waals surface area contributed by atoms with E-state index in [1.807, 2.05) is 32.6 Å². The molecule has 2 rings (SSSR count). The number of carbonyl (C=O) groups excluding carboxylic acids is 1. The Kier molecular flexibility index (Phi) is 4.97. The molecule has 2 aliphatic rings. The third-order valence-electron chi connectivity index (χ3n) is 4.64. The highest BCUT2D eigenvalue weighted by atomic mass is 16.7. The lowest BCUT2D eigenvalue weighted by atomic mass is 9.79. The summed E-state index contributed by atoms with van der Waals surface area (Å²) in [5.74, 6) is 0.0547. The van der Waals surface area contributed by atoms with Crippen LogP contribution in [0.25, 0.3) is 0 Å². The molecule has 0 atom stereocenters. The summed E-state index contributed by atoms with van der Waals surface area (Å²) in [6, 6.07) is 0. The summed E-state index contributed by atoms with van der Waals surface area (Å²) in [6.45, 7) is 9.74. The average molecular weight is 307 g/mol. The molecule has 7 heteroatoms. The Hall–Kier alpha value is -1.34. The second-order valence-corrected chi connectivity index (χ2v) is 6.81. The maximum atomic E-state index is 11.9. The summed E-state index contributed by atoms with van der Waals surface area (Å²) < 4.78 is 11.8. The van der Waals surface area contributed by atoms with Gasteiger partial charge in [0.2, 0.25) is 5.91 Å². The van der Waals surface area contributed by atoms with E-state index in [4.69, 9.17) is 15.0 Å². The highest BCUT2D eigenvalue weighted by molar-refractivity contribution is 6.60. The van der Waals surface area contributed by atoms with Gasteiger partial charge in [-0.2, -0.15) is 0 Å². The van der Waals surface area contributed by atoms with E-state index in [0.717, 1.165) is 25.9 Å². The van der Waals surface area contributed by atoms with Crippen molar-refractivity contribution in [1.29, 1.82) is 0 Å². The molecular formula is C15H26BN3O3. The predicted molar refractivity (Wildman–Crippen MR) is 87.5 cm³/mol. The predicted octanol–water partition coefficient (Wildman–Crippen LogP) is 1.15. The first kappa shape index (κ1) is 17.0. The normalized spacial score (nSPS) is 24.5. The van der Waals surface area contributed by atoms with Crippen molar-refractivity contribution < 1.29 is 14.1 Å². The number of allylic oxidation sites excluding steroid dienone is 1. The van der Waals surface area contributed by atoms with Gasteiger partial charge in [-0.25, -0.2) is 0 Å². The van der Waals surface area contributed by atoms with Crippen molar-refractivity contribution in [3.63, 3.8) is 0 Å². The number of nitrogens with two attached hydrogens (primary N) is 1. The maximum absolute atomic E-state index is 11.9. The minimum Gasteiger partial charge on any atom is -0.405 e. The zero-order valence-electron chi connectivity index (χ0n) is 14.0. The fraction of sp³-hybridized carbons (Fsp3) is 0.733. The summed E-state index contributed by atoms with van der Waals surface area (Å²) >= 11 is 0. The van der Waals surface area contributed by atoms with Gasteiger partial charge < -0.3 is 19.9 Å². The van der Waals surface area contributed by atoms with Crippen LogP contribution in [0.3, 0.4) is 0 Å². The fourth-order valence-electron chi connectivity index (χ4n) is 2.46. The zero-order valence-corrected chi connectivity index (χ0v) is 14.0. The van der Waals surface area contributed by atoms with Crippen LogP contribution in [-0.2, 0) is 14.1 Å². The first-order valence-electron chi connectivity index (χ1n) is 7.82. The van der Waals surface area contributed by atoms with Crippen molar-refractivity contribution in [2.45, 2.75) is 51.7 Å². The summed E-state index contributed by atoms with van der Waals surface area (Å²) in [5, 5.41) is 0.